The molecule has 0 unspecified atom stereocenters. The van der Waals surface area contributed by atoms with Crippen LogP contribution in [0.1, 0.15) is 67.7 Å². The maximum Gasteiger partial charge on any atom is 0.488 e. The SMILES string of the molecule is CC(C)=CCC[C@@H](C)C[C@@H](O)B1OC(C)(C)C(C)(C)O1. The molecule has 1 saturated heterocycles. The zero-order chi connectivity index (χ0) is 15.6. The lowest BCUT2D eigenvalue weighted by Gasteiger charge is -2.32. The zero-order valence-corrected chi connectivity index (χ0v) is 14.2. The second-order valence-electron chi connectivity index (χ2n) is 7.39. The van der Waals surface area contributed by atoms with Gasteiger partial charge in [-0.25, -0.2) is 0 Å². The van der Waals surface area contributed by atoms with E-state index in [0.717, 1.165) is 12.8 Å². The molecule has 0 aromatic carbocycles. The van der Waals surface area contributed by atoms with Crippen molar-refractivity contribution in [1.29, 1.82) is 0 Å². The average Bonchev–Trinajstić information content (AvgIpc) is 2.47. The Morgan fingerprint density at radius 2 is 1.65 bits per heavy atom. The van der Waals surface area contributed by atoms with E-state index in [1.807, 2.05) is 27.7 Å². The third-order valence-electron chi connectivity index (χ3n) is 4.44. The Kier molecular flexibility index (Phi) is 5.88. The maximum absolute atomic E-state index is 10.3. The van der Waals surface area contributed by atoms with Crippen molar-refractivity contribution in [3.63, 3.8) is 0 Å². The molecule has 0 spiro atoms. The molecule has 0 aromatic rings. The smallest absolute Gasteiger partial charge is 0.402 e. The lowest BCUT2D eigenvalue weighted by molar-refractivity contribution is 0.00578. The van der Waals surface area contributed by atoms with Gasteiger partial charge in [-0.3, -0.25) is 0 Å². The fourth-order valence-corrected chi connectivity index (χ4v) is 2.34. The Morgan fingerprint density at radius 3 is 2.10 bits per heavy atom. The van der Waals surface area contributed by atoms with Gasteiger partial charge in [0, 0.05) is 0 Å². The Hall–Kier alpha value is -0.315. The molecule has 116 valence electrons. The first-order valence-corrected chi connectivity index (χ1v) is 7.72. The fourth-order valence-electron chi connectivity index (χ4n) is 2.34. The van der Waals surface area contributed by atoms with Crippen LogP contribution in [0.4, 0.5) is 0 Å². The molecule has 0 amide bonds. The summed E-state index contributed by atoms with van der Waals surface area (Å²) in [5.41, 5.74) is 0.608. The molecule has 1 heterocycles. The molecule has 1 rings (SSSR count). The number of aliphatic hydroxyl groups is 1. The normalized spacial score (nSPS) is 23.5. The van der Waals surface area contributed by atoms with Crippen LogP contribution < -0.4 is 0 Å². The van der Waals surface area contributed by atoms with Crippen molar-refractivity contribution in [2.24, 2.45) is 5.92 Å². The Balaban J connectivity index is 2.44. The van der Waals surface area contributed by atoms with Gasteiger partial charge in [0.1, 0.15) is 0 Å². The highest BCUT2D eigenvalue weighted by molar-refractivity contribution is 6.47. The van der Waals surface area contributed by atoms with E-state index in [9.17, 15) is 5.11 Å². The van der Waals surface area contributed by atoms with Crippen LogP contribution in [0.25, 0.3) is 0 Å². The van der Waals surface area contributed by atoms with Gasteiger partial charge in [-0.1, -0.05) is 18.6 Å². The van der Waals surface area contributed by atoms with E-state index < -0.39 is 13.1 Å². The number of allylic oxidation sites excluding steroid dienone is 2. The van der Waals surface area contributed by atoms with Crippen LogP contribution in [-0.4, -0.2) is 29.4 Å². The first-order chi connectivity index (χ1) is 9.05. The zero-order valence-electron chi connectivity index (χ0n) is 14.2. The van der Waals surface area contributed by atoms with Gasteiger partial charge in [0.2, 0.25) is 0 Å². The largest absolute Gasteiger partial charge is 0.488 e. The van der Waals surface area contributed by atoms with E-state index in [2.05, 4.69) is 26.8 Å². The third kappa shape index (κ3) is 4.61. The van der Waals surface area contributed by atoms with Crippen LogP contribution in [0.5, 0.6) is 0 Å². The number of aliphatic hydroxyl groups excluding tert-OH is 1. The van der Waals surface area contributed by atoms with Crippen LogP contribution in [0, 0.1) is 5.92 Å². The summed E-state index contributed by atoms with van der Waals surface area (Å²) >= 11 is 0. The van der Waals surface area contributed by atoms with Crippen molar-refractivity contribution in [3.8, 4) is 0 Å². The van der Waals surface area contributed by atoms with Gasteiger partial charge in [-0.2, -0.15) is 0 Å². The van der Waals surface area contributed by atoms with E-state index in [-0.39, 0.29) is 11.2 Å². The molecule has 1 aliphatic rings. The lowest BCUT2D eigenvalue weighted by Crippen LogP contribution is -2.41. The van der Waals surface area contributed by atoms with Gasteiger partial charge in [0.05, 0.1) is 17.2 Å². The minimum absolute atomic E-state index is 0.371. The molecular weight excluding hydrogens is 251 g/mol. The highest BCUT2D eigenvalue weighted by Gasteiger charge is 2.53. The third-order valence-corrected chi connectivity index (χ3v) is 4.44. The molecular formula is C16H31BO3. The summed E-state index contributed by atoms with van der Waals surface area (Å²) in [4.78, 5) is 0. The van der Waals surface area contributed by atoms with Crippen LogP contribution in [0.15, 0.2) is 11.6 Å². The monoisotopic (exact) mass is 282 g/mol. The summed E-state index contributed by atoms with van der Waals surface area (Å²) < 4.78 is 11.8. The second-order valence-corrected chi connectivity index (χ2v) is 7.39. The second kappa shape index (κ2) is 6.63. The predicted octanol–water partition coefficient (Wildman–Crippen LogP) is 3.75. The van der Waals surface area contributed by atoms with Crippen molar-refractivity contribution >= 4 is 7.12 Å². The molecule has 0 aromatic heterocycles. The quantitative estimate of drug-likeness (QED) is 0.595. The Morgan fingerprint density at radius 1 is 1.15 bits per heavy atom. The molecule has 0 saturated carbocycles. The van der Waals surface area contributed by atoms with E-state index in [0.29, 0.717) is 12.3 Å². The van der Waals surface area contributed by atoms with E-state index in [1.54, 1.807) is 0 Å². The minimum atomic E-state index is -0.558. The van der Waals surface area contributed by atoms with Crippen molar-refractivity contribution in [2.45, 2.75) is 84.9 Å². The van der Waals surface area contributed by atoms with Crippen LogP contribution >= 0.6 is 0 Å². The van der Waals surface area contributed by atoms with Crippen LogP contribution in [-0.2, 0) is 9.31 Å². The average molecular weight is 282 g/mol. The van der Waals surface area contributed by atoms with Crippen LogP contribution in [0.2, 0.25) is 0 Å². The fraction of sp³-hybridized carbons (Fsp3) is 0.875. The summed E-state index contributed by atoms with van der Waals surface area (Å²) in [7, 11) is -0.508. The van der Waals surface area contributed by atoms with Crippen LogP contribution in [0.3, 0.4) is 0 Å². The Labute approximate surface area is 124 Å². The molecule has 20 heavy (non-hydrogen) atoms. The predicted molar refractivity (Wildman–Crippen MR) is 84.5 cm³/mol. The number of hydrogen-bond donors (Lipinski definition) is 1. The molecule has 0 aliphatic carbocycles. The highest BCUT2D eigenvalue weighted by atomic mass is 16.7. The Bertz CT molecular complexity index is 330. The molecule has 0 bridgehead atoms. The standard InChI is InChI=1S/C16H31BO3/c1-12(2)9-8-10-13(3)11-14(18)17-19-15(4,5)16(6,7)20-17/h9,13-14,18H,8,10-11H2,1-7H3/t13-,14-/m1/s1. The van der Waals surface area contributed by atoms with Crippen molar-refractivity contribution < 1.29 is 14.4 Å². The van der Waals surface area contributed by atoms with E-state index >= 15 is 0 Å². The molecule has 0 radical (unpaired) electrons. The molecule has 2 atom stereocenters. The number of hydrogen-bond acceptors (Lipinski definition) is 3. The number of rotatable bonds is 6. The highest BCUT2D eigenvalue weighted by Crippen LogP contribution is 2.38. The molecule has 4 heteroatoms. The molecule has 3 nitrogen and oxygen atoms in total. The van der Waals surface area contributed by atoms with E-state index in [1.165, 1.54) is 5.57 Å². The topological polar surface area (TPSA) is 38.7 Å². The molecule has 1 aliphatic heterocycles. The molecule has 1 fully saturated rings. The minimum Gasteiger partial charge on any atom is -0.402 e. The van der Waals surface area contributed by atoms with Crippen molar-refractivity contribution in [2.75, 3.05) is 0 Å². The summed E-state index contributed by atoms with van der Waals surface area (Å²) in [5, 5.41) is 10.3. The summed E-state index contributed by atoms with van der Waals surface area (Å²) in [5.74, 6) is 0.458. The first kappa shape index (κ1) is 17.7. The van der Waals surface area contributed by atoms with Gasteiger partial charge in [-0.05, 0) is 66.7 Å². The van der Waals surface area contributed by atoms with Gasteiger partial charge in [0.15, 0.2) is 0 Å². The van der Waals surface area contributed by atoms with Crippen molar-refractivity contribution in [3.05, 3.63) is 11.6 Å². The van der Waals surface area contributed by atoms with E-state index in [4.69, 9.17) is 9.31 Å². The summed E-state index contributed by atoms with van der Waals surface area (Å²) in [6.45, 7) is 14.5. The summed E-state index contributed by atoms with van der Waals surface area (Å²) in [6.07, 6.45) is 5.12. The van der Waals surface area contributed by atoms with Gasteiger partial charge in [0.25, 0.3) is 0 Å². The van der Waals surface area contributed by atoms with Gasteiger partial charge >= 0.3 is 7.12 Å². The molecule has 1 N–H and O–H groups in total. The maximum atomic E-state index is 10.3. The van der Waals surface area contributed by atoms with Crippen molar-refractivity contribution in [1.82, 2.24) is 0 Å². The first-order valence-electron chi connectivity index (χ1n) is 7.72. The van der Waals surface area contributed by atoms with Gasteiger partial charge < -0.3 is 14.4 Å². The van der Waals surface area contributed by atoms with Gasteiger partial charge in [-0.15, -0.1) is 0 Å². The lowest BCUT2D eigenvalue weighted by atomic mass is 9.76. The summed E-state index contributed by atoms with van der Waals surface area (Å²) in [6, 6.07) is -0.558.